The zero-order valence-corrected chi connectivity index (χ0v) is 16.3. The van der Waals surface area contributed by atoms with Gasteiger partial charge in [-0.2, -0.15) is 0 Å². The third-order valence-electron chi connectivity index (χ3n) is 4.82. The molecule has 2 aromatic rings. The first-order valence-electron chi connectivity index (χ1n) is 9.46. The van der Waals surface area contributed by atoms with E-state index in [1.165, 1.54) is 12.1 Å². The summed E-state index contributed by atoms with van der Waals surface area (Å²) >= 11 is 0. The Kier molecular flexibility index (Phi) is 6.07. The van der Waals surface area contributed by atoms with E-state index >= 15 is 0 Å². The average molecular weight is 394 g/mol. The number of ether oxygens (including phenoxy) is 1. The molecule has 7 nitrogen and oxygen atoms in total. The van der Waals surface area contributed by atoms with Gasteiger partial charge in [0.25, 0.3) is 17.7 Å². The standard InChI is InChI=1S/C22H22N2O5/c1-3-23(4-2)22(28)19(15-10-6-5-7-11-15)29-18(25)14-24-20(26)16-12-8-9-13-17(16)21(24)27/h5-13,19H,3-4,14H2,1-2H3/t19-/m0/s1. The Morgan fingerprint density at radius 2 is 1.41 bits per heavy atom. The van der Waals surface area contributed by atoms with Gasteiger partial charge in [-0.25, -0.2) is 0 Å². The number of amides is 3. The minimum atomic E-state index is -1.14. The van der Waals surface area contributed by atoms with Gasteiger partial charge in [-0.1, -0.05) is 42.5 Å². The number of benzene rings is 2. The smallest absolute Gasteiger partial charge is 0.327 e. The number of imide groups is 1. The predicted octanol–water partition coefficient (Wildman–Crippen LogP) is 2.44. The highest BCUT2D eigenvalue weighted by Crippen LogP contribution is 2.24. The zero-order chi connectivity index (χ0) is 21.0. The Morgan fingerprint density at radius 3 is 1.93 bits per heavy atom. The third kappa shape index (κ3) is 4.03. The first kappa shape index (κ1) is 20.3. The monoisotopic (exact) mass is 394 g/mol. The van der Waals surface area contributed by atoms with E-state index in [4.69, 9.17) is 4.74 Å². The van der Waals surface area contributed by atoms with Crippen molar-refractivity contribution in [2.45, 2.75) is 20.0 Å². The maximum absolute atomic E-state index is 12.9. The molecule has 2 aromatic carbocycles. The van der Waals surface area contributed by atoms with Gasteiger partial charge in [-0.15, -0.1) is 0 Å². The summed E-state index contributed by atoms with van der Waals surface area (Å²) in [6.45, 7) is 4.05. The number of hydrogen-bond donors (Lipinski definition) is 0. The Morgan fingerprint density at radius 1 is 0.897 bits per heavy atom. The SMILES string of the molecule is CCN(CC)C(=O)[C@@H](OC(=O)CN1C(=O)c2ccccc2C1=O)c1ccccc1. The van der Waals surface area contributed by atoms with Crippen LogP contribution in [-0.2, 0) is 14.3 Å². The molecule has 1 aliphatic heterocycles. The van der Waals surface area contributed by atoms with Crippen LogP contribution in [0.3, 0.4) is 0 Å². The highest BCUT2D eigenvalue weighted by atomic mass is 16.5. The molecule has 3 amide bonds. The number of rotatable bonds is 7. The van der Waals surface area contributed by atoms with Gasteiger partial charge < -0.3 is 9.64 Å². The van der Waals surface area contributed by atoms with Crippen LogP contribution in [0.5, 0.6) is 0 Å². The van der Waals surface area contributed by atoms with E-state index < -0.39 is 30.4 Å². The lowest BCUT2D eigenvalue weighted by Crippen LogP contribution is -2.40. The van der Waals surface area contributed by atoms with Gasteiger partial charge in [0.2, 0.25) is 6.10 Å². The van der Waals surface area contributed by atoms with Crippen molar-refractivity contribution in [3.05, 3.63) is 71.3 Å². The molecule has 0 fully saturated rings. The number of likely N-dealkylation sites (N-methyl/N-ethyl adjacent to an activating group) is 1. The normalized spacial score (nSPS) is 13.8. The Hall–Kier alpha value is -3.48. The summed E-state index contributed by atoms with van der Waals surface area (Å²) in [5.74, 6) is -2.27. The minimum absolute atomic E-state index is 0.254. The largest absolute Gasteiger partial charge is 0.446 e. The molecular formula is C22H22N2O5. The van der Waals surface area contributed by atoms with Gasteiger partial charge >= 0.3 is 5.97 Å². The second kappa shape index (κ2) is 8.68. The second-order valence-corrected chi connectivity index (χ2v) is 6.53. The van der Waals surface area contributed by atoms with Crippen LogP contribution in [-0.4, -0.2) is 53.1 Å². The van der Waals surface area contributed by atoms with Gasteiger partial charge in [-0.3, -0.25) is 24.1 Å². The van der Waals surface area contributed by atoms with Crippen LogP contribution < -0.4 is 0 Å². The Bertz CT molecular complexity index is 902. The van der Waals surface area contributed by atoms with Crippen molar-refractivity contribution in [1.29, 1.82) is 0 Å². The quantitative estimate of drug-likeness (QED) is 0.532. The molecule has 1 atom stereocenters. The molecule has 150 valence electrons. The van der Waals surface area contributed by atoms with Crippen LogP contribution >= 0.6 is 0 Å². The fourth-order valence-corrected chi connectivity index (χ4v) is 3.27. The maximum atomic E-state index is 12.9. The molecule has 1 heterocycles. The Labute approximate surface area is 168 Å². The molecule has 7 heteroatoms. The molecular weight excluding hydrogens is 372 g/mol. The van der Waals surface area contributed by atoms with Gasteiger partial charge in [0.15, 0.2) is 0 Å². The van der Waals surface area contributed by atoms with Crippen LogP contribution in [0.1, 0.15) is 46.2 Å². The maximum Gasteiger partial charge on any atom is 0.327 e. The summed E-state index contributed by atoms with van der Waals surface area (Å²) in [7, 11) is 0. The van der Waals surface area contributed by atoms with Crippen molar-refractivity contribution < 1.29 is 23.9 Å². The molecule has 0 spiro atoms. The number of carbonyl (C=O) groups is 4. The van der Waals surface area contributed by atoms with E-state index in [0.29, 0.717) is 18.7 Å². The van der Waals surface area contributed by atoms with Gasteiger partial charge in [0, 0.05) is 18.7 Å². The molecule has 0 radical (unpaired) electrons. The third-order valence-corrected chi connectivity index (χ3v) is 4.82. The van der Waals surface area contributed by atoms with E-state index in [0.717, 1.165) is 4.90 Å². The lowest BCUT2D eigenvalue weighted by atomic mass is 10.1. The van der Waals surface area contributed by atoms with Crippen molar-refractivity contribution in [1.82, 2.24) is 9.80 Å². The molecule has 29 heavy (non-hydrogen) atoms. The highest BCUT2D eigenvalue weighted by Gasteiger charge is 2.37. The van der Waals surface area contributed by atoms with Crippen molar-refractivity contribution >= 4 is 23.7 Å². The summed E-state index contributed by atoms with van der Waals surface area (Å²) in [6.07, 6.45) is -1.14. The van der Waals surface area contributed by atoms with E-state index in [1.54, 1.807) is 47.4 Å². The number of hydrogen-bond acceptors (Lipinski definition) is 5. The first-order valence-corrected chi connectivity index (χ1v) is 9.46. The van der Waals surface area contributed by atoms with E-state index in [-0.39, 0.29) is 17.0 Å². The van der Waals surface area contributed by atoms with Gasteiger partial charge in [0.1, 0.15) is 6.54 Å². The Balaban J connectivity index is 1.78. The molecule has 1 aliphatic rings. The summed E-state index contributed by atoms with van der Waals surface area (Å²) in [4.78, 5) is 52.8. The average Bonchev–Trinajstić information content (AvgIpc) is 2.98. The fourth-order valence-electron chi connectivity index (χ4n) is 3.27. The second-order valence-electron chi connectivity index (χ2n) is 6.53. The number of fused-ring (bicyclic) bond motifs is 1. The van der Waals surface area contributed by atoms with Crippen LogP contribution in [0.2, 0.25) is 0 Å². The minimum Gasteiger partial charge on any atom is -0.446 e. The fraction of sp³-hybridized carbons (Fsp3) is 0.273. The lowest BCUT2D eigenvalue weighted by molar-refractivity contribution is -0.160. The van der Waals surface area contributed by atoms with Crippen LogP contribution in [0.15, 0.2) is 54.6 Å². The molecule has 0 aliphatic carbocycles. The van der Waals surface area contributed by atoms with Crippen LogP contribution in [0.25, 0.3) is 0 Å². The van der Waals surface area contributed by atoms with Crippen molar-refractivity contribution in [2.24, 2.45) is 0 Å². The zero-order valence-electron chi connectivity index (χ0n) is 16.3. The topological polar surface area (TPSA) is 84.0 Å². The van der Waals surface area contributed by atoms with Crippen LogP contribution in [0.4, 0.5) is 0 Å². The van der Waals surface area contributed by atoms with Gasteiger partial charge in [0.05, 0.1) is 11.1 Å². The van der Waals surface area contributed by atoms with Crippen molar-refractivity contribution in [3.8, 4) is 0 Å². The molecule has 0 saturated carbocycles. The summed E-state index contributed by atoms with van der Waals surface area (Å²) < 4.78 is 5.46. The molecule has 0 aromatic heterocycles. The van der Waals surface area contributed by atoms with E-state index in [9.17, 15) is 19.2 Å². The molecule has 3 rings (SSSR count). The molecule has 0 N–H and O–H groups in total. The van der Waals surface area contributed by atoms with E-state index in [2.05, 4.69) is 0 Å². The number of carbonyl (C=O) groups excluding carboxylic acids is 4. The predicted molar refractivity (Wildman–Crippen MR) is 105 cm³/mol. The lowest BCUT2D eigenvalue weighted by Gasteiger charge is -2.26. The summed E-state index contributed by atoms with van der Waals surface area (Å²) in [5.41, 5.74) is 1.04. The van der Waals surface area contributed by atoms with Crippen molar-refractivity contribution in [2.75, 3.05) is 19.6 Å². The number of esters is 1. The van der Waals surface area contributed by atoms with E-state index in [1.807, 2.05) is 13.8 Å². The molecule has 0 bridgehead atoms. The van der Waals surface area contributed by atoms with Gasteiger partial charge in [-0.05, 0) is 26.0 Å². The van der Waals surface area contributed by atoms with Crippen LogP contribution in [0, 0.1) is 0 Å². The highest BCUT2D eigenvalue weighted by molar-refractivity contribution is 6.22. The summed E-state index contributed by atoms with van der Waals surface area (Å²) in [6, 6.07) is 15.1. The number of nitrogens with zero attached hydrogens (tertiary/aromatic N) is 2. The van der Waals surface area contributed by atoms with Crippen molar-refractivity contribution in [3.63, 3.8) is 0 Å². The molecule has 0 unspecified atom stereocenters. The summed E-state index contributed by atoms with van der Waals surface area (Å²) in [5, 5.41) is 0. The first-order chi connectivity index (χ1) is 14.0. The molecule has 0 saturated heterocycles.